The molecule has 0 unspecified atom stereocenters. The Morgan fingerprint density at radius 3 is 2.59 bits per heavy atom. The first-order chi connectivity index (χ1) is 10.8. The van der Waals surface area contributed by atoms with Crippen LogP contribution in [-0.2, 0) is 0 Å². The van der Waals surface area contributed by atoms with E-state index in [1.165, 1.54) is 17.6 Å². The minimum Gasteiger partial charge on any atom is -0.338 e. The number of urea groups is 1. The molecule has 2 rings (SSSR count). The van der Waals surface area contributed by atoms with Crippen molar-refractivity contribution in [2.24, 2.45) is 0 Å². The quantitative estimate of drug-likeness (QED) is 0.759. The topological polar surface area (TPSA) is 41.1 Å². The molecule has 0 aromatic rings. The van der Waals surface area contributed by atoms with E-state index >= 15 is 0 Å². The predicted molar refractivity (Wildman–Crippen MR) is 92.7 cm³/mol. The van der Waals surface area contributed by atoms with Crippen LogP contribution < -0.4 is 10.6 Å². The maximum Gasteiger partial charge on any atom is 0.314 e. The Balaban J connectivity index is 1.59. The first kappa shape index (κ1) is 16.3. The van der Waals surface area contributed by atoms with E-state index in [1.54, 1.807) is 0 Å². The highest BCUT2D eigenvalue weighted by Gasteiger charge is 2.02. The summed E-state index contributed by atoms with van der Waals surface area (Å²) in [4.78, 5) is 11.8. The molecular weight excluding hydrogens is 272 g/mol. The molecule has 2 amide bonds. The van der Waals surface area contributed by atoms with E-state index in [9.17, 15) is 4.79 Å². The van der Waals surface area contributed by atoms with Gasteiger partial charge in [0.15, 0.2) is 0 Å². The maximum atomic E-state index is 11.8. The zero-order valence-electron chi connectivity index (χ0n) is 13.2. The molecule has 3 heteroatoms. The van der Waals surface area contributed by atoms with Gasteiger partial charge in [-0.2, -0.15) is 0 Å². The van der Waals surface area contributed by atoms with Crippen molar-refractivity contribution in [3.63, 3.8) is 0 Å². The molecule has 22 heavy (non-hydrogen) atoms. The highest BCUT2D eigenvalue weighted by molar-refractivity contribution is 5.73. The molecule has 2 N–H and O–H groups in total. The van der Waals surface area contributed by atoms with Crippen molar-refractivity contribution in [3.05, 3.63) is 59.8 Å². The average molecular weight is 298 g/mol. The van der Waals surface area contributed by atoms with Crippen LogP contribution in [0.25, 0.3) is 0 Å². The second kappa shape index (κ2) is 9.82. The lowest BCUT2D eigenvalue weighted by Gasteiger charge is -2.08. The smallest absolute Gasteiger partial charge is 0.314 e. The largest absolute Gasteiger partial charge is 0.338 e. The van der Waals surface area contributed by atoms with Crippen LogP contribution in [0.2, 0.25) is 0 Å². The molecular formula is C19H26N2O. The van der Waals surface area contributed by atoms with Gasteiger partial charge in [-0.3, -0.25) is 0 Å². The van der Waals surface area contributed by atoms with Crippen LogP contribution in [0.5, 0.6) is 0 Å². The average Bonchev–Trinajstić information content (AvgIpc) is 2.92. The predicted octanol–water partition coefficient (Wildman–Crippen LogP) is 4.17. The molecule has 2 aliphatic carbocycles. The number of hydrogen-bond acceptors (Lipinski definition) is 1. The molecule has 2 aliphatic rings. The van der Waals surface area contributed by atoms with E-state index in [0.717, 1.165) is 32.1 Å². The fourth-order valence-corrected chi connectivity index (χ4v) is 2.50. The summed E-state index contributed by atoms with van der Waals surface area (Å²) in [6.07, 6.45) is 23.6. The van der Waals surface area contributed by atoms with E-state index in [0.29, 0.717) is 13.1 Å². The van der Waals surface area contributed by atoms with Gasteiger partial charge in [-0.15, -0.1) is 0 Å². The van der Waals surface area contributed by atoms with Crippen LogP contribution >= 0.6 is 0 Å². The molecule has 0 fully saturated rings. The summed E-state index contributed by atoms with van der Waals surface area (Å²) < 4.78 is 0. The number of rotatable bonds is 6. The summed E-state index contributed by atoms with van der Waals surface area (Å²) in [7, 11) is 0. The molecule has 0 saturated heterocycles. The van der Waals surface area contributed by atoms with Gasteiger partial charge in [0.1, 0.15) is 0 Å². The van der Waals surface area contributed by atoms with Crippen molar-refractivity contribution < 1.29 is 4.79 Å². The van der Waals surface area contributed by atoms with Gasteiger partial charge < -0.3 is 10.6 Å². The molecule has 0 bridgehead atoms. The number of nitrogens with one attached hydrogen (secondary N) is 2. The van der Waals surface area contributed by atoms with Crippen LogP contribution in [-0.4, -0.2) is 19.1 Å². The van der Waals surface area contributed by atoms with Gasteiger partial charge in [0, 0.05) is 13.1 Å². The molecule has 0 heterocycles. The highest BCUT2D eigenvalue weighted by atomic mass is 16.2. The molecule has 0 radical (unpaired) electrons. The first-order valence-electron chi connectivity index (χ1n) is 8.24. The Hall–Kier alpha value is -2.03. The Labute approximate surface area is 133 Å². The normalized spacial score (nSPS) is 17.3. The summed E-state index contributed by atoms with van der Waals surface area (Å²) in [5.41, 5.74) is 2.58. The van der Waals surface area contributed by atoms with Crippen LogP contribution in [0.3, 0.4) is 0 Å². The van der Waals surface area contributed by atoms with E-state index in [-0.39, 0.29) is 6.03 Å². The van der Waals surface area contributed by atoms with Crippen molar-refractivity contribution in [1.82, 2.24) is 10.6 Å². The Kier molecular flexibility index (Phi) is 7.30. The zero-order valence-corrected chi connectivity index (χ0v) is 13.2. The second-order valence-corrected chi connectivity index (χ2v) is 5.60. The maximum absolute atomic E-state index is 11.8. The summed E-state index contributed by atoms with van der Waals surface area (Å²) >= 11 is 0. The minimum absolute atomic E-state index is 0.0769. The molecule has 118 valence electrons. The van der Waals surface area contributed by atoms with E-state index < -0.39 is 0 Å². The number of amides is 2. The van der Waals surface area contributed by atoms with Crippen molar-refractivity contribution in [3.8, 4) is 0 Å². The third kappa shape index (κ3) is 6.61. The summed E-state index contributed by atoms with van der Waals surface area (Å²) in [5.74, 6) is 0. The second-order valence-electron chi connectivity index (χ2n) is 5.60. The van der Waals surface area contributed by atoms with Crippen molar-refractivity contribution in [1.29, 1.82) is 0 Å². The van der Waals surface area contributed by atoms with Crippen molar-refractivity contribution in [2.75, 3.05) is 13.1 Å². The third-order valence-corrected chi connectivity index (χ3v) is 3.76. The highest BCUT2D eigenvalue weighted by Crippen LogP contribution is 2.12. The summed E-state index contributed by atoms with van der Waals surface area (Å²) in [5, 5.41) is 5.84. The fourth-order valence-electron chi connectivity index (χ4n) is 2.50. The monoisotopic (exact) mass is 298 g/mol. The molecule has 3 nitrogen and oxygen atoms in total. The molecule has 0 aromatic heterocycles. The third-order valence-electron chi connectivity index (χ3n) is 3.76. The summed E-state index contributed by atoms with van der Waals surface area (Å²) in [6.45, 7) is 1.35. The standard InChI is InChI=1S/C19H26N2O/c22-19(20-15-13-17-9-5-1-2-6-10-17)21-16-14-18-11-7-3-4-8-12-18/h1,5-7,9-12H,2-4,8,13-16H2,(H2,20,21,22). The Morgan fingerprint density at radius 2 is 1.73 bits per heavy atom. The lowest BCUT2D eigenvalue weighted by atomic mass is 10.1. The molecule has 0 aromatic carbocycles. The number of carbonyl (C=O) groups is 1. The lowest BCUT2D eigenvalue weighted by Crippen LogP contribution is -2.36. The van der Waals surface area contributed by atoms with Gasteiger partial charge >= 0.3 is 6.03 Å². The van der Waals surface area contributed by atoms with Gasteiger partial charge in [-0.1, -0.05) is 54.2 Å². The first-order valence-corrected chi connectivity index (χ1v) is 8.24. The summed E-state index contributed by atoms with van der Waals surface area (Å²) in [6, 6.07) is -0.0769. The number of allylic oxidation sites excluding steroid dienone is 8. The molecule has 0 saturated carbocycles. The van der Waals surface area contributed by atoms with Crippen LogP contribution in [0.4, 0.5) is 4.79 Å². The van der Waals surface area contributed by atoms with E-state index in [2.05, 4.69) is 59.2 Å². The van der Waals surface area contributed by atoms with Gasteiger partial charge in [0.05, 0.1) is 0 Å². The number of hydrogen-bond donors (Lipinski definition) is 2. The molecule has 0 aliphatic heterocycles. The number of carbonyl (C=O) groups excluding carboxylic acids is 1. The fraction of sp³-hybridized carbons (Fsp3) is 0.421. The van der Waals surface area contributed by atoms with Crippen LogP contribution in [0.15, 0.2) is 59.8 Å². The van der Waals surface area contributed by atoms with Crippen molar-refractivity contribution in [2.45, 2.75) is 38.5 Å². The van der Waals surface area contributed by atoms with Gasteiger partial charge in [0.2, 0.25) is 0 Å². The zero-order chi connectivity index (χ0) is 15.5. The molecule has 0 atom stereocenters. The van der Waals surface area contributed by atoms with Crippen LogP contribution in [0, 0.1) is 0 Å². The van der Waals surface area contributed by atoms with E-state index in [4.69, 9.17) is 0 Å². The van der Waals surface area contributed by atoms with E-state index in [1.807, 2.05) is 0 Å². The van der Waals surface area contributed by atoms with Gasteiger partial charge in [0.25, 0.3) is 0 Å². The SMILES string of the molecule is O=C(NCCC1=CC=CCC=C1)NCCC1=CCCCC=C1. The van der Waals surface area contributed by atoms with Gasteiger partial charge in [-0.05, 0) is 44.1 Å². The Bertz CT molecular complexity index is 510. The minimum atomic E-state index is -0.0769. The van der Waals surface area contributed by atoms with Crippen molar-refractivity contribution >= 4 is 6.03 Å². The Morgan fingerprint density at radius 1 is 0.955 bits per heavy atom. The lowest BCUT2D eigenvalue weighted by molar-refractivity contribution is 0.241. The van der Waals surface area contributed by atoms with Gasteiger partial charge in [-0.25, -0.2) is 4.79 Å². The molecule has 0 spiro atoms. The van der Waals surface area contributed by atoms with Crippen LogP contribution in [0.1, 0.15) is 38.5 Å².